The zero-order chi connectivity index (χ0) is 14.1. The third kappa shape index (κ3) is 2.46. The lowest BCUT2D eigenvalue weighted by molar-refractivity contribution is -0.358. The van der Waals surface area contributed by atoms with Gasteiger partial charge in [-0.25, -0.2) is 0 Å². The third-order valence-electron chi connectivity index (χ3n) is 3.64. The predicted molar refractivity (Wildman–Crippen MR) is 67.7 cm³/mol. The summed E-state index contributed by atoms with van der Waals surface area (Å²) in [5.41, 5.74) is 0.863. The van der Waals surface area contributed by atoms with Crippen LogP contribution < -0.4 is 0 Å². The minimum atomic E-state index is -1.14. The second-order valence-electron chi connectivity index (χ2n) is 4.94. The van der Waals surface area contributed by atoms with Crippen molar-refractivity contribution in [3.63, 3.8) is 0 Å². The van der Waals surface area contributed by atoms with Crippen LogP contribution in [0, 0.1) is 0 Å². The van der Waals surface area contributed by atoms with Crippen molar-refractivity contribution in [3.05, 3.63) is 35.9 Å². The monoisotopic (exact) mass is 282 g/mol. The smallest absolute Gasteiger partial charge is 0.186 e. The average molecular weight is 282 g/mol. The lowest BCUT2D eigenvalue weighted by Crippen LogP contribution is -2.62. The summed E-state index contributed by atoms with van der Waals surface area (Å²) in [5, 5.41) is 20.1. The van der Waals surface area contributed by atoms with Crippen LogP contribution in [-0.4, -0.2) is 54.6 Å². The maximum Gasteiger partial charge on any atom is 0.186 e. The van der Waals surface area contributed by atoms with E-state index < -0.39 is 37.0 Å². The fourth-order valence-electron chi connectivity index (χ4n) is 2.55. The van der Waals surface area contributed by atoms with Crippen molar-refractivity contribution in [2.24, 2.45) is 0 Å². The van der Waals surface area contributed by atoms with E-state index in [4.69, 9.17) is 18.9 Å². The second-order valence-corrected chi connectivity index (χ2v) is 4.94. The van der Waals surface area contributed by atoms with Crippen molar-refractivity contribution in [1.82, 2.24) is 0 Å². The van der Waals surface area contributed by atoms with Gasteiger partial charge < -0.3 is 29.2 Å². The van der Waals surface area contributed by atoms with Gasteiger partial charge in [-0.2, -0.15) is 0 Å². The molecule has 2 fully saturated rings. The van der Waals surface area contributed by atoms with E-state index in [9.17, 15) is 10.2 Å². The summed E-state index contributed by atoms with van der Waals surface area (Å²) >= 11 is 0. The largest absolute Gasteiger partial charge is 0.387 e. The molecule has 20 heavy (non-hydrogen) atoms. The molecule has 0 saturated carbocycles. The highest BCUT2D eigenvalue weighted by atomic mass is 16.7. The van der Waals surface area contributed by atoms with Crippen LogP contribution in [0.4, 0.5) is 0 Å². The lowest BCUT2D eigenvalue weighted by Gasteiger charge is -2.45. The number of aliphatic hydroxyl groups is 2. The molecule has 2 aliphatic heterocycles. The van der Waals surface area contributed by atoms with Crippen LogP contribution in [0.2, 0.25) is 0 Å². The zero-order valence-electron chi connectivity index (χ0n) is 11.1. The van der Waals surface area contributed by atoms with Crippen LogP contribution in [0.15, 0.2) is 30.3 Å². The standard InChI is InChI=1S/C14H18O6/c1-17-14-11(16)10(15)12-9(19-14)7-18-13(20-12)8-5-3-2-4-6-8/h2-6,9-16H,7H2,1H3/t9?,10-,11-,12?,13-,14+/m1/s1. The van der Waals surface area contributed by atoms with Gasteiger partial charge in [0.25, 0.3) is 0 Å². The third-order valence-corrected chi connectivity index (χ3v) is 3.64. The Morgan fingerprint density at radius 1 is 1.10 bits per heavy atom. The first-order chi connectivity index (χ1) is 9.70. The van der Waals surface area contributed by atoms with Crippen LogP contribution in [0.1, 0.15) is 11.9 Å². The van der Waals surface area contributed by atoms with Gasteiger partial charge in [-0.1, -0.05) is 30.3 Å². The minimum absolute atomic E-state index is 0.272. The van der Waals surface area contributed by atoms with E-state index in [2.05, 4.69) is 0 Å². The molecular formula is C14H18O6. The highest BCUT2D eigenvalue weighted by molar-refractivity contribution is 5.16. The maximum absolute atomic E-state index is 10.1. The molecule has 0 spiro atoms. The summed E-state index contributed by atoms with van der Waals surface area (Å²) in [7, 11) is 1.41. The number of aliphatic hydroxyl groups excluding tert-OH is 2. The van der Waals surface area contributed by atoms with Crippen LogP contribution in [-0.2, 0) is 18.9 Å². The van der Waals surface area contributed by atoms with Crippen molar-refractivity contribution >= 4 is 0 Å². The Balaban J connectivity index is 1.74. The number of benzene rings is 1. The molecule has 1 aromatic rings. The fourth-order valence-corrected chi connectivity index (χ4v) is 2.55. The lowest BCUT2D eigenvalue weighted by atomic mass is 9.98. The fraction of sp³-hybridized carbons (Fsp3) is 0.571. The van der Waals surface area contributed by atoms with Crippen LogP contribution in [0.25, 0.3) is 0 Å². The summed E-state index contributed by atoms with van der Waals surface area (Å²) in [5.74, 6) is 0. The Kier molecular flexibility index (Phi) is 4.02. The van der Waals surface area contributed by atoms with Crippen molar-refractivity contribution in [2.45, 2.75) is 37.0 Å². The Morgan fingerprint density at radius 2 is 1.85 bits per heavy atom. The molecule has 0 amide bonds. The molecule has 0 aromatic heterocycles. The number of rotatable bonds is 2. The molecule has 2 heterocycles. The van der Waals surface area contributed by atoms with E-state index in [0.717, 1.165) is 5.56 Å². The first-order valence-corrected chi connectivity index (χ1v) is 6.57. The van der Waals surface area contributed by atoms with Crippen molar-refractivity contribution < 1.29 is 29.2 Å². The van der Waals surface area contributed by atoms with Gasteiger partial charge in [0.2, 0.25) is 0 Å². The summed E-state index contributed by atoms with van der Waals surface area (Å²) in [6.45, 7) is 0.272. The minimum Gasteiger partial charge on any atom is -0.387 e. The average Bonchev–Trinajstić information content (AvgIpc) is 2.51. The van der Waals surface area contributed by atoms with Crippen molar-refractivity contribution in [2.75, 3.05) is 13.7 Å². The van der Waals surface area contributed by atoms with E-state index in [1.54, 1.807) is 0 Å². The Labute approximate surface area is 116 Å². The predicted octanol–water partition coefficient (Wildman–Crippen LogP) is 0.194. The number of hydrogen-bond acceptors (Lipinski definition) is 6. The highest BCUT2D eigenvalue weighted by Gasteiger charge is 2.48. The van der Waals surface area contributed by atoms with Gasteiger partial charge in [-0.05, 0) is 0 Å². The van der Waals surface area contributed by atoms with Gasteiger partial charge in [0.15, 0.2) is 12.6 Å². The molecule has 1 aromatic carbocycles. The normalized spacial score (nSPS) is 41.1. The van der Waals surface area contributed by atoms with Gasteiger partial charge in [-0.15, -0.1) is 0 Å². The molecule has 2 saturated heterocycles. The first-order valence-electron chi connectivity index (χ1n) is 6.57. The first kappa shape index (κ1) is 13.9. The molecule has 2 N–H and O–H groups in total. The number of methoxy groups -OCH3 is 1. The van der Waals surface area contributed by atoms with E-state index in [1.807, 2.05) is 30.3 Å². The quantitative estimate of drug-likeness (QED) is 0.806. The van der Waals surface area contributed by atoms with Crippen LogP contribution >= 0.6 is 0 Å². The molecule has 0 radical (unpaired) electrons. The van der Waals surface area contributed by atoms with Gasteiger partial charge >= 0.3 is 0 Å². The van der Waals surface area contributed by atoms with E-state index >= 15 is 0 Å². The maximum atomic E-state index is 10.1. The Hall–Kier alpha value is -1.02. The molecule has 2 aliphatic rings. The molecular weight excluding hydrogens is 264 g/mol. The second kappa shape index (κ2) is 5.77. The van der Waals surface area contributed by atoms with Gasteiger partial charge in [0, 0.05) is 12.7 Å². The molecule has 110 valence electrons. The summed E-state index contributed by atoms with van der Waals surface area (Å²) in [6, 6.07) is 9.45. The van der Waals surface area contributed by atoms with E-state index in [0.29, 0.717) is 0 Å². The zero-order valence-corrected chi connectivity index (χ0v) is 11.1. The number of hydrogen-bond donors (Lipinski definition) is 2. The van der Waals surface area contributed by atoms with Gasteiger partial charge in [0.05, 0.1) is 6.61 Å². The van der Waals surface area contributed by atoms with Crippen molar-refractivity contribution in [3.8, 4) is 0 Å². The number of fused-ring (bicyclic) bond motifs is 1. The van der Waals surface area contributed by atoms with Crippen LogP contribution in [0.5, 0.6) is 0 Å². The molecule has 0 aliphatic carbocycles. The van der Waals surface area contributed by atoms with Gasteiger partial charge in [-0.3, -0.25) is 0 Å². The molecule has 6 atom stereocenters. The van der Waals surface area contributed by atoms with E-state index in [1.165, 1.54) is 7.11 Å². The molecule has 3 rings (SSSR count). The van der Waals surface area contributed by atoms with Crippen molar-refractivity contribution in [1.29, 1.82) is 0 Å². The molecule has 0 bridgehead atoms. The topological polar surface area (TPSA) is 77.4 Å². The SMILES string of the molecule is CO[C@H]1OC2CO[C@@H](c3ccccc3)OC2[C@H](O)[C@H]1O. The molecule has 2 unspecified atom stereocenters. The Bertz CT molecular complexity index is 437. The van der Waals surface area contributed by atoms with Crippen LogP contribution in [0.3, 0.4) is 0 Å². The highest BCUT2D eigenvalue weighted by Crippen LogP contribution is 2.33. The summed E-state index contributed by atoms with van der Waals surface area (Å²) < 4.78 is 21.9. The van der Waals surface area contributed by atoms with E-state index in [-0.39, 0.29) is 6.61 Å². The van der Waals surface area contributed by atoms with Gasteiger partial charge in [0.1, 0.15) is 24.4 Å². The molecule has 6 nitrogen and oxygen atoms in total. The molecule has 6 heteroatoms. The summed E-state index contributed by atoms with van der Waals surface area (Å²) in [6.07, 6.45) is -4.76. The Morgan fingerprint density at radius 3 is 2.55 bits per heavy atom. The number of ether oxygens (including phenoxy) is 4. The summed E-state index contributed by atoms with van der Waals surface area (Å²) in [4.78, 5) is 0.